The summed E-state index contributed by atoms with van der Waals surface area (Å²) < 4.78 is 5.32. The predicted octanol–water partition coefficient (Wildman–Crippen LogP) is 0.342. The SMILES string of the molecule is NC1CCC(C(=O)NCCCCN2CCOCC2)C1. The Morgan fingerprint density at radius 1 is 1.26 bits per heavy atom. The van der Waals surface area contributed by atoms with Crippen molar-refractivity contribution in [3.05, 3.63) is 0 Å². The molecule has 2 atom stereocenters. The van der Waals surface area contributed by atoms with Gasteiger partial charge in [0.1, 0.15) is 0 Å². The van der Waals surface area contributed by atoms with Crippen LogP contribution in [0.25, 0.3) is 0 Å². The van der Waals surface area contributed by atoms with Crippen LogP contribution in [0.1, 0.15) is 32.1 Å². The van der Waals surface area contributed by atoms with Gasteiger partial charge >= 0.3 is 0 Å². The topological polar surface area (TPSA) is 67.6 Å². The summed E-state index contributed by atoms with van der Waals surface area (Å²) in [6.07, 6.45) is 5.02. The van der Waals surface area contributed by atoms with Crippen molar-refractivity contribution < 1.29 is 9.53 Å². The van der Waals surface area contributed by atoms with E-state index in [-0.39, 0.29) is 17.9 Å². The van der Waals surface area contributed by atoms with Crippen LogP contribution in [-0.2, 0) is 9.53 Å². The molecular formula is C14H27N3O2. The molecule has 0 radical (unpaired) electrons. The molecule has 2 unspecified atom stereocenters. The predicted molar refractivity (Wildman–Crippen MR) is 74.8 cm³/mol. The summed E-state index contributed by atoms with van der Waals surface area (Å²) in [5.74, 6) is 0.369. The monoisotopic (exact) mass is 269 g/mol. The second-order valence-corrected chi connectivity index (χ2v) is 5.72. The summed E-state index contributed by atoms with van der Waals surface area (Å²) in [6, 6.07) is 0.233. The molecule has 2 aliphatic rings. The van der Waals surface area contributed by atoms with Gasteiger partial charge in [0.2, 0.25) is 5.91 Å². The van der Waals surface area contributed by atoms with Crippen LogP contribution in [0.2, 0.25) is 0 Å². The Morgan fingerprint density at radius 3 is 2.74 bits per heavy atom. The first-order valence-corrected chi connectivity index (χ1v) is 7.59. The lowest BCUT2D eigenvalue weighted by Gasteiger charge is -2.26. The van der Waals surface area contributed by atoms with Crippen molar-refractivity contribution in [3.8, 4) is 0 Å². The van der Waals surface area contributed by atoms with Crippen molar-refractivity contribution in [2.24, 2.45) is 11.7 Å². The normalized spacial score (nSPS) is 28.5. The van der Waals surface area contributed by atoms with Crippen molar-refractivity contribution >= 4 is 5.91 Å². The standard InChI is InChI=1S/C14H27N3O2/c15-13-4-3-12(11-13)14(18)16-5-1-2-6-17-7-9-19-10-8-17/h12-13H,1-11,15H2,(H,16,18). The summed E-state index contributed by atoms with van der Waals surface area (Å²) in [7, 11) is 0. The lowest BCUT2D eigenvalue weighted by molar-refractivity contribution is -0.124. The Bertz CT molecular complexity index is 280. The average Bonchev–Trinajstić information content (AvgIpc) is 2.86. The first-order valence-electron chi connectivity index (χ1n) is 7.59. The number of hydrogen-bond donors (Lipinski definition) is 2. The zero-order valence-corrected chi connectivity index (χ0v) is 11.8. The molecule has 0 bridgehead atoms. The van der Waals surface area contributed by atoms with Crippen molar-refractivity contribution in [2.75, 3.05) is 39.4 Å². The number of morpholine rings is 1. The van der Waals surface area contributed by atoms with Gasteiger partial charge in [0.05, 0.1) is 13.2 Å². The van der Waals surface area contributed by atoms with Crippen LogP contribution < -0.4 is 11.1 Å². The average molecular weight is 269 g/mol. The molecule has 2 fully saturated rings. The van der Waals surface area contributed by atoms with Crippen LogP contribution >= 0.6 is 0 Å². The molecule has 2 rings (SSSR count). The molecule has 1 aliphatic heterocycles. The smallest absolute Gasteiger partial charge is 0.223 e. The van der Waals surface area contributed by atoms with Crippen molar-refractivity contribution in [1.82, 2.24) is 10.2 Å². The number of nitrogens with zero attached hydrogens (tertiary/aromatic N) is 1. The van der Waals surface area contributed by atoms with Gasteiger partial charge in [-0.05, 0) is 38.6 Å². The molecule has 1 aliphatic carbocycles. The summed E-state index contributed by atoms with van der Waals surface area (Å²) in [5.41, 5.74) is 5.83. The Morgan fingerprint density at radius 2 is 2.05 bits per heavy atom. The fourth-order valence-electron chi connectivity index (χ4n) is 2.90. The summed E-state index contributed by atoms with van der Waals surface area (Å²) in [6.45, 7) is 5.73. The van der Waals surface area contributed by atoms with Crippen LogP contribution in [-0.4, -0.2) is 56.2 Å². The van der Waals surface area contributed by atoms with Crippen LogP contribution in [0.3, 0.4) is 0 Å². The van der Waals surface area contributed by atoms with Gasteiger partial charge < -0.3 is 15.8 Å². The van der Waals surface area contributed by atoms with E-state index in [1.165, 1.54) is 0 Å². The van der Waals surface area contributed by atoms with Crippen molar-refractivity contribution in [1.29, 1.82) is 0 Å². The number of carbonyl (C=O) groups excluding carboxylic acids is 1. The number of ether oxygens (including phenoxy) is 1. The van der Waals surface area contributed by atoms with E-state index in [1.54, 1.807) is 0 Å². The van der Waals surface area contributed by atoms with E-state index in [1.807, 2.05) is 0 Å². The Hall–Kier alpha value is -0.650. The highest BCUT2D eigenvalue weighted by Gasteiger charge is 2.27. The van der Waals surface area contributed by atoms with Gasteiger partial charge in [-0.1, -0.05) is 0 Å². The van der Waals surface area contributed by atoms with Crippen LogP contribution in [0.15, 0.2) is 0 Å². The summed E-state index contributed by atoms with van der Waals surface area (Å²) in [4.78, 5) is 14.3. The maximum absolute atomic E-state index is 11.9. The van der Waals surface area contributed by atoms with Crippen molar-refractivity contribution in [3.63, 3.8) is 0 Å². The molecule has 1 amide bonds. The number of rotatable bonds is 6. The third-order valence-corrected chi connectivity index (χ3v) is 4.15. The molecule has 3 N–H and O–H groups in total. The maximum atomic E-state index is 11.9. The largest absolute Gasteiger partial charge is 0.379 e. The molecule has 5 nitrogen and oxygen atoms in total. The molecule has 0 spiro atoms. The number of carbonyl (C=O) groups is 1. The summed E-state index contributed by atoms with van der Waals surface area (Å²) in [5, 5.41) is 3.05. The molecule has 110 valence electrons. The van der Waals surface area contributed by atoms with Crippen LogP contribution in [0, 0.1) is 5.92 Å². The minimum absolute atomic E-state index is 0.161. The Labute approximate surface area is 115 Å². The molecule has 5 heteroatoms. The Kier molecular flexibility index (Phi) is 6.07. The first-order chi connectivity index (χ1) is 9.25. The fraction of sp³-hybridized carbons (Fsp3) is 0.929. The van der Waals surface area contributed by atoms with Gasteiger partial charge in [0.25, 0.3) is 0 Å². The van der Waals surface area contributed by atoms with Gasteiger partial charge in [0.15, 0.2) is 0 Å². The second-order valence-electron chi connectivity index (χ2n) is 5.72. The van der Waals surface area contributed by atoms with Gasteiger partial charge in [-0.2, -0.15) is 0 Å². The molecule has 19 heavy (non-hydrogen) atoms. The van der Waals surface area contributed by atoms with Gasteiger partial charge in [-0.3, -0.25) is 9.69 Å². The van der Waals surface area contributed by atoms with E-state index in [2.05, 4.69) is 10.2 Å². The molecule has 1 saturated carbocycles. The lowest BCUT2D eigenvalue weighted by Crippen LogP contribution is -2.37. The fourth-order valence-corrected chi connectivity index (χ4v) is 2.90. The number of unbranched alkanes of at least 4 members (excludes halogenated alkanes) is 1. The Balaban J connectivity index is 1.48. The quantitative estimate of drug-likeness (QED) is 0.683. The zero-order valence-electron chi connectivity index (χ0n) is 11.8. The van der Waals surface area contributed by atoms with E-state index in [0.29, 0.717) is 0 Å². The number of hydrogen-bond acceptors (Lipinski definition) is 4. The van der Waals surface area contributed by atoms with E-state index >= 15 is 0 Å². The van der Waals surface area contributed by atoms with Gasteiger partial charge in [-0.15, -0.1) is 0 Å². The molecule has 0 aromatic heterocycles. The first kappa shape index (κ1) is 14.8. The zero-order chi connectivity index (χ0) is 13.5. The number of nitrogens with one attached hydrogen (secondary N) is 1. The highest BCUT2D eigenvalue weighted by atomic mass is 16.5. The lowest BCUT2D eigenvalue weighted by atomic mass is 10.1. The van der Waals surface area contributed by atoms with Gasteiger partial charge in [0, 0.05) is 31.6 Å². The number of amides is 1. The maximum Gasteiger partial charge on any atom is 0.223 e. The van der Waals surface area contributed by atoms with E-state index in [9.17, 15) is 4.79 Å². The van der Waals surface area contributed by atoms with Crippen LogP contribution in [0.4, 0.5) is 0 Å². The second kappa shape index (κ2) is 7.82. The molecule has 0 aromatic carbocycles. The minimum Gasteiger partial charge on any atom is -0.379 e. The van der Waals surface area contributed by atoms with Crippen molar-refractivity contribution in [2.45, 2.75) is 38.1 Å². The van der Waals surface area contributed by atoms with E-state index in [4.69, 9.17) is 10.5 Å². The molecular weight excluding hydrogens is 242 g/mol. The molecule has 1 heterocycles. The molecule has 1 saturated heterocycles. The van der Waals surface area contributed by atoms with E-state index in [0.717, 1.165) is 71.5 Å². The third-order valence-electron chi connectivity index (χ3n) is 4.15. The highest BCUT2D eigenvalue weighted by Crippen LogP contribution is 2.23. The summed E-state index contributed by atoms with van der Waals surface area (Å²) >= 11 is 0. The number of nitrogens with two attached hydrogens (primary N) is 1. The van der Waals surface area contributed by atoms with E-state index < -0.39 is 0 Å². The third kappa shape index (κ3) is 5.09. The molecule has 0 aromatic rings. The van der Waals surface area contributed by atoms with Crippen LogP contribution in [0.5, 0.6) is 0 Å². The highest BCUT2D eigenvalue weighted by molar-refractivity contribution is 5.78. The van der Waals surface area contributed by atoms with Gasteiger partial charge in [-0.25, -0.2) is 0 Å². The minimum atomic E-state index is 0.161.